The van der Waals surface area contributed by atoms with Crippen LogP contribution >= 0.6 is 0 Å². The molecule has 2 unspecified atom stereocenters. The first-order valence-electron chi connectivity index (χ1n) is 28.1. The number of unbranched alkanes of at least 4 members (excludes halogenated alkanes) is 37. The number of allylic oxidation sites excluding steroid dienone is 4. The van der Waals surface area contributed by atoms with Crippen LogP contribution in [0.1, 0.15) is 303 Å². The highest BCUT2D eigenvalue weighted by Gasteiger charge is 2.20. The van der Waals surface area contributed by atoms with E-state index in [1.807, 2.05) is 0 Å². The number of hydrogen-bond acceptors (Lipinski definition) is 5. The number of carbonyl (C=O) groups is 2. The van der Waals surface area contributed by atoms with Gasteiger partial charge in [0.15, 0.2) is 0 Å². The number of aliphatic hydroxyl groups excluding tert-OH is 2. The van der Waals surface area contributed by atoms with E-state index < -0.39 is 12.1 Å². The molecule has 3 N–H and O–H groups in total. The van der Waals surface area contributed by atoms with Gasteiger partial charge in [0.1, 0.15) is 0 Å². The maximum atomic E-state index is 12.4. The van der Waals surface area contributed by atoms with E-state index in [2.05, 4.69) is 43.5 Å². The number of amides is 1. The summed E-state index contributed by atoms with van der Waals surface area (Å²) in [5.41, 5.74) is 0. The molecular formula is C57H109NO5. The lowest BCUT2D eigenvalue weighted by molar-refractivity contribution is -0.143. The SMILES string of the molecule is CCCCCCCCCCCCCCC(=O)OCCCCCCCCCCC/C=C\C/C=C\CCCCCCCCCC(=O)NC(CO)C(O)CCCCCCCCCCCCC. The van der Waals surface area contributed by atoms with Crippen LogP contribution in [0, 0.1) is 0 Å². The molecule has 0 saturated heterocycles. The molecule has 0 aliphatic carbocycles. The van der Waals surface area contributed by atoms with Gasteiger partial charge in [-0.2, -0.15) is 0 Å². The highest BCUT2D eigenvalue weighted by atomic mass is 16.5. The first kappa shape index (κ1) is 61.3. The third kappa shape index (κ3) is 49.6. The second-order valence-electron chi connectivity index (χ2n) is 19.3. The fraction of sp³-hybridized carbons (Fsp3) is 0.895. The Morgan fingerprint density at radius 1 is 0.444 bits per heavy atom. The molecule has 1 amide bonds. The van der Waals surface area contributed by atoms with Gasteiger partial charge in [0.25, 0.3) is 0 Å². The van der Waals surface area contributed by atoms with Crippen molar-refractivity contribution in [2.75, 3.05) is 13.2 Å². The molecule has 0 fully saturated rings. The van der Waals surface area contributed by atoms with Gasteiger partial charge in [0.05, 0.1) is 25.4 Å². The molecule has 63 heavy (non-hydrogen) atoms. The largest absolute Gasteiger partial charge is 0.466 e. The minimum Gasteiger partial charge on any atom is -0.466 e. The molecule has 0 spiro atoms. The maximum Gasteiger partial charge on any atom is 0.305 e. The zero-order valence-corrected chi connectivity index (χ0v) is 42.3. The van der Waals surface area contributed by atoms with Crippen molar-refractivity contribution in [3.05, 3.63) is 24.3 Å². The molecule has 0 aromatic carbocycles. The predicted molar refractivity (Wildman–Crippen MR) is 273 cm³/mol. The van der Waals surface area contributed by atoms with E-state index in [0.29, 0.717) is 25.9 Å². The van der Waals surface area contributed by atoms with Crippen molar-refractivity contribution in [1.29, 1.82) is 0 Å². The maximum absolute atomic E-state index is 12.4. The highest BCUT2D eigenvalue weighted by molar-refractivity contribution is 5.76. The summed E-state index contributed by atoms with van der Waals surface area (Å²) >= 11 is 0. The summed E-state index contributed by atoms with van der Waals surface area (Å²) < 4.78 is 5.46. The van der Waals surface area contributed by atoms with Gasteiger partial charge in [-0.3, -0.25) is 9.59 Å². The summed E-state index contributed by atoms with van der Waals surface area (Å²) in [5.74, 6) is -0.0385. The van der Waals surface area contributed by atoms with Crippen molar-refractivity contribution in [3.8, 4) is 0 Å². The average molecular weight is 889 g/mol. The van der Waals surface area contributed by atoms with Gasteiger partial charge in [0.2, 0.25) is 5.91 Å². The molecule has 0 saturated carbocycles. The Kier molecular flexibility index (Phi) is 51.6. The normalized spacial score (nSPS) is 12.8. The van der Waals surface area contributed by atoms with E-state index in [-0.39, 0.29) is 18.5 Å². The summed E-state index contributed by atoms with van der Waals surface area (Å²) in [6, 6.07) is -0.547. The predicted octanol–water partition coefficient (Wildman–Crippen LogP) is 17.1. The average Bonchev–Trinajstić information content (AvgIpc) is 3.28. The van der Waals surface area contributed by atoms with Crippen molar-refractivity contribution in [2.24, 2.45) is 0 Å². The molecule has 0 rings (SSSR count). The number of hydrogen-bond donors (Lipinski definition) is 3. The summed E-state index contributed by atoms with van der Waals surface area (Å²) in [7, 11) is 0. The van der Waals surface area contributed by atoms with Crippen molar-refractivity contribution in [2.45, 2.75) is 315 Å². The number of aliphatic hydroxyl groups is 2. The molecule has 0 aliphatic rings. The van der Waals surface area contributed by atoms with E-state index in [9.17, 15) is 19.8 Å². The second-order valence-corrected chi connectivity index (χ2v) is 19.3. The van der Waals surface area contributed by atoms with Crippen LogP contribution in [0.4, 0.5) is 0 Å². The van der Waals surface area contributed by atoms with Crippen LogP contribution in [-0.4, -0.2) is 47.4 Å². The lowest BCUT2D eigenvalue weighted by atomic mass is 10.0. The standard InChI is InChI=1S/C57H109NO5/c1-3-5-7-9-11-13-15-31-35-39-43-47-51-57(62)63-52-48-44-40-36-32-28-26-24-22-20-18-16-17-19-21-23-25-27-30-34-38-42-46-50-56(61)58-54(53-59)55(60)49-45-41-37-33-29-14-12-10-8-6-4-2/h16,18-19,21,54-55,59-60H,3-15,17,20,22-53H2,1-2H3,(H,58,61)/b18-16-,21-19-. The van der Waals surface area contributed by atoms with Crippen molar-refractivity contribution in [3.63, 3.8) is 0 Å². The first-order chi connectivity index (χ1) is 31.0. The molecule has 0 aromatic heterocycles. The topological polar surface area (TPSA) is 95.9 Å². The van der Waals surface area contributed by atoms with Gasteiger partial charge in [-0.15, -0.1) is 0 Å². The zero-order chi connectivity index (χ0) is 45.8. The Morgan fingerprint density at radius 3 is 1.21 bits per heavy atom. The van der Waals surface area contributed by atoms with Crippen LogP contribution in [0.5, 0.6) is 0 Å². The van der Waals surface area contributed by atoms with Crippen molar-refractivity contribution in [1.82, 2.24) is 5.32 Å². The summed E-state index contributed by atoms with van der Waals surface area (Å²) in [6.45, 7) is 4.94. The van der Waals surface area contributed by atoms with Gasteiger partial charge < -0.3 is 20.3 Å². The number of nitrogens with one attached hydrogen (secondary N) is 1. The minimum atomic E-state index is -0.669. The Morgan fingerprint density at radius 2 is 0.794 bits per heavy atom. The lowest BCUT2D eigenvalue weighted by Crippen LogP contribution is -2.45. The van der Waals surface area contributed by atoms with E-state index in [1.165, 1.54) is 218 Å². The molecule has 2 atom stereocenters. The van der Waals surface area contributed by atoms with E-state index in [0.717, 1.165) is 51.4 Å². The number of ether oxygens (including phenoxy) is 1. The monoisotopic (exact) mass is 888 g/mol. The molecule has 0 radical (unpaired) electrons. The minimum absolute atomic E-state index is 0.00762. The third-order valence-electron chi connectivity index (χ3n) is 13.0. The molecule has 0 aromatic rings. The van der Waals surface area contributed by atoms with Crippen LogP contribution in [0.2, 0.25) is 0 Å². The van der Waals surface area contributed by atoms with Crippen LogP contribution in [0.3, 0.4) is 0 Å². The highest BCUT2D eigenvalue weighted by Crippen LogP contribution is 2.16. The second kappa shape index (κ2) is 53.0. The Hall–Kier alpha value is -1.66. The first-order valence-corrected chi connectivity index (χ1v) is 28.1. The van der Waals surface area contributed by atoms with E-state index >= 15 is 0 Å². The van der Waals surface area contributed by atoms with Gasteiger partial charge in [-0.25, -0.2) is 0 Å². The van der Waals surface area contributed by atoms with Crippen LogP contribution in [0.15, 0.2) is 24.3 Å². The molecule has 0 aliphatic heterocycles. The van der Waals surface area contributed by atoms with E-state index in [1.54, 1.807) is 0 Å². The number of esters is 1. The van der Waals surface area contributed by atoms with Crippen LogP contribution < -0.4 is 5.32 Å². The summed E-state index contributed by atoms with van der Waals surface area (Å²) in [4.78, 5) is 24.4. The van der Waals surface area contributed by atoms with Crippen LogP contribution in [-0.2, 0) is 14.3 Å². The van der Waals surface area contributed by atoms with E-state index in [4.69, 9.17) is 4.74 Å². The molecule has 6 nitrogen and oxygen atoms in total. The zero-order valence-electron chi connectivity index (χ0n) is 42.3. The molecule has 0 bridgehead atoms. The van der Waals surface area contributed by atoms with Gasteiger partial charge in [-0.05, 0) is 57.8 Å². The smallest absolute Gasteiger partial charge is 0.305 e. The number of rotatable bonds is 52. The van der Waals surface area contributed by atoms with Crippen molar-refractivity contribution < 1.29 is 24.5 Å². The van der Waals surface area contributed by atoms with Crippen molar-refractivity contribution >= 4 is 11.9 Å². The molecule has 372 valence electrons. The summed E-state index contributed by atoms with van der Waals surface area (Å²) in [6.07, 6.45) is 63.1. The van der Waals surface area contributed by atoms with Gasteiger partial charge in [-0.1, -0.05) is 256 Å². The lowest BCUT2D eigenvalue weighted by Gasteiger charge is -2.22. The Bertz CT molecular complexity index is 982. The fourth-order valence-corrected chi connectivity index (χ4v) is 8.67. The molecule has 6 heteroatoms. The Labute approximate surface area is 392 Å². The quantitative estimate of drug-likeness (QED) is 0.0321. The fourth-order valence-electron chi connectivity index (χ4n) is 8.67. The molecular weight excluding hydrogens is 779 g/mol. The van der Waals surface area contributed by atoms with Gasteiger partial charge >= 0.3 is 5.97 Å². The number of carbonyl (C=O) groups excluding carboxylic acids is 2. The summed E-state index contributed by atoms with van der Waals surface area (Å²) in [5, 5.41) is 23.1. The van der Waals surface area contributed by atoms with Gasteiger partial charge in [0, 0.05) is 12.8 Å². The Balaban J connectivity index is 3.43. The van der Waals surface area contributed by atoms with Crippen LogP contribution in [0.25, 0.3) is 0 Å². The molecule has 0 heterocycles. The third-order valence-corrected chi connectivity index (χ3v) is 13.0.